The summed E-state index contributed by atoms with van der Waals surface area (Å²) in [5.41, 5.74) is 3.35. The molecule has 0 aliphatic carbocycles. The van der Waals surface area contributed by atoms with Gasteiger partial charge >= 0.3 is 0 Å². The highest BCUT2D eigenvalue weighted by Gasteiger charge is 2.36. The first-order chi connectivity index (χ1) is 16.7. The molecule has 0 bridgehead atoms. The molecule has 0 unspecified atom stereocenters. The summed E-state index contributed by atoms with van der Waals surface area (Å²) in [6.45, 7) is 5.37. The molecule has 180 valence electrons. The first kappa shape index (κ1) is 23.8. The number of rotatable bonds is 4. The average Bonchev–Trinajstić information content (AvgIpc) is 3.53. The van der Waals surface area contributed by atoms with Crippen LogP contribution in [0.15, 0.2) is 39.9 Å². The van der Waals surface area contributed by atoms with E-state index in [1.165, 1.54) is 16.8 Å². The summed E-state index contributed by atoms with van der Waals surface area (Å²) >= 11 is 13.8. The zero-order valence-corrected chi connectivity index (χ0v) is 21.5. The van der Waals surface area contributed by atoms with Crippen LogP contribution in [0.4, 0.5) is 0 Å². The second-order valence-corrected chi connectivity index (χ2v) is 10.4. The quantitative estimate of drug-likeness (QED) is 0.562. The normalized spacial score (nSPS) is 18.9. The monoisotopic (exact) mass is 528 g/mol. The van der Waals surface area contributed by atoms with Gasteiger partial charge in [0.2, 0.25) is 11.1 Å². The SMILES string of the molecule is Cc1cc(C=C2C(=N)N3N=C(CC(=O)N4CCCC4)SC3=NC2=O)c(C)n1-c1cc(Cl)ccc1Cl. The highest BCUT2D eigenvalue weighted by atomic mass is 35.5. The van der Waals surface area contributed by atoms with Crippen molar-refractivity contribution in [2.75, 3.05) is 13.1 Å². The lowest BCUT2D eigenvalue weighted by atomic mass is 10.1. The number of halogens is 2. The van der Waals surface area contributed by atoms with E-state index in [0.717, 1.165) is 48.6 Å². The third-order valence-electron chi connectivity index (χ3n) is 6.18. The van der Waals surface area contributed by atoms with E-state index in [9.17, 15) is 9.59 Å². The fourth-order valence-corrected chi connectivity index (χ4v) is 5.67. The summed E-state index contributed by atoms with van der Waals surface area (Å²) < 4.78 is 1.96. The van der Waals surface area contributed by atoms with Crippen molar-refractivity contribution >= 4 is 68.9 Å². The molecule has 2 amide bonds. The lowest BCUT2D eigenvalue weighted by molar-refractivity contribution is -0.128. The fraction of sp³-hybridized carbons (Fsp3) is 0.292. The van der Waals surface area contributed by atoms with Crippen LogP contribution in [0.3, 0.4) is 0 Å². The number of carbonyl (C=O) groups excluding carboxylic acids is 2. The van der Waals surface area contributed by atoms with Crippen molar-refractivity contribution in [3.05, 3.63) is 56.8 Å². The Morgan fingerprint density at radius 3 is 2.69 bits per heavy atom. The number of benzene rings is 1. The number of aryl methyl sites for hydroxylation is 1. The summed E-state index contributed by atoms with van der Waals surface area (Å²) in [5.74, 6) is -0.571. The molecule has 2 aromatic rings. The van der Waals surface area contributed by atoms with Gasteiger partial charge in [0, 0.05) is 29.5 Å². The van der Waals surface area contributed by atoms with Gasteiger partial charge in [0.1, 0.15) is 5.04 Å². The van der Waals surface area contributed by atoms with Gasteiger partial charge in [-0.15, -0.1) is 0 Å². The number of amidine groups is 2. The van der Waals surface area contributed by atoms with Crippen molar-refractivity contribution in [1.29, 1.82) is 5.41 Å². The number of amides is 2. The largest absolute Gasteiger partial charge is 0.342 e. The first-order valence-electron chi connectivity index (χ1n) is 11.1. The lowest BCUT2D eigenvalue weighted by Crippen LogP contribution is -2.35. The Kier molecular flexibility index (Phi) is 6.33. The van der Waals surface area contributed by atoms with Crippen molar-refractivity contribution in [3.63, 3.8) is 0 Å². The van der Waals surface area contributed by atoms with Crippen molar-refractivity contribution in [2.45, 2.75) is 33.1 Å². The van der Waals surface area contributed by atoms with Crippen LogP contribution in [0.1, 0.15) is 36.2 Å². The van der Waals surface area contributed by atoms with E-state index in [4.69, 9.17) is 28.6 Å². The molecule has 4 heterocycles. The zero-order chi connectivity index (χ0) is 24.9. The van der Waals surface area contributed by atoms with Crippen LogP contribution in [-0.2, 0) is 9.59 Å². The molecule has 0 atom stereocenters. The molecule has 35 heavy (non-hydrogen) atoms. The number of likely N-dealkylation sites (tertiary alicyclic amines) is 1. The number of aliphatic imine (C=N–C) groups is 1. The topological polar surface area (TPSA) is 94.1 Å². The Morgan fingerprint density at radius 1 is 1.20 bits per heavy atom. The van der Waals surface area contributed by atoms with E-state index in [1.54, 1.807) is 24.3 Å². The molecule has 11 heteroatoms. The lowest BCUT2D eigenvalue weighted by Gasteiger charge is -2.20. The summed E-state index contributed by atoms with van der Waals surface area (Å²) in [6, 6.07) is 7.17. The summed E-state index contributed by atoms with van der Waals surface area (Å²) in [6.07, 6.45) is 3.82. The smallest absolute Gasteiger partial charge is 0.283 e. The molecule has 1 saturated heterocycles. The fourth-order valence-electron chi connectivity index (χ4n) is 4.43. The summed E-state index contributed by atoms with van der Waals surface area (Å²) in [4.78, 5) is 31.3. The number of carbonyl (C=O) groups is 2. The number of aromatic nitrogens is 1. The number of hydrazone groups is 1. The molecule has 1 fully saturated rings. The second kappa shape index (κ2) is 9.29. The molecule has 5 rings (SSSR count). The maximum atomic E-state index is 12.9. The second-order valence-electron chi connectivity index (χ2n) is 8.54. The molecular formula is C24H22Cl2N6O2S. The molecule has 1 N–H and O–H groups in total. The third-order valence-corrected chi connectivity index (χ3v) is 7.64. The minimum Gasteiger partial charge on any atom is -0.342 e. The van der Waals surface area contributed by atoms with Crippen LogP contribution in [-0.4, -0.2) is 55.4 Å². The first-order valence-corrected chi connectivity index (χ1v) is 12.7. The number of fused-ring (bicyclic) bond motifs is 1. The van der Waals surface area contributed by atoms with Gasteiger partial charge in [-0.3, -0.25) is 15.0 Å². The molecule has 3 aliphatic rings. The van der Waals surface area contributed by atoms with Gasteiger partial charge in [-0.1, -0.05) is 23.2 Å². The maximum Gasteiger partial charge on any atom is 0.283 e. The van der Waals surface area contributed by atoms with Gasteiger partial charge < -0.3 is 9.47 Å². The van der Waals surface area contributed by atoms with Crippen LogP contribution >= 0.6 is 35.0 Å². The summed E-state index contributed by atoms with van der Waals surface area (Å²) in [5, 5.41) is 16.3. The van der Waals surface area contributed by atoms with Gasteiger partial charge in [0.05, 0.1) is 22.7 Å². The van der Waals surface area contributed by atoms with E-state index in [2.05, 4.69) is 10.1 Å². The van der Waals surface area contributed by atoms with E-state index in [-0.39, 0.29) is 23.7 Å². The zero-order valence-electron chi connectivity index (χ0n) is 19.1. The van der Waals surface area contributed by atoms with Crippen molar-refractivity contribution < 1.29 is 9.59 Å². The van der Waals surface area contributed by atoms with Gasteiger partial charge in [-0.2, -0.15) is 15.1 Å². The van der Waals surface area contributed by atoms with Crippen LogP contribution in [0, 0.1) is 19.3 Å². The van der Waals surface area contributed by atoms with Crippen molar-refractivity contribution in [1.82, 2.24) is 14.5 Å². The van der Waals surface area contributed by atoms with E-state index in [1.807, 2.05) is 29.4 Å². The third kappa shape index (κ3) is 4.44. The number of thioether (sulfide) groups is 1. The molecule has 0 radical (unpaired) electrons. The van der Waals surface area contributed by atoms with Crippen LogP contribution in [0.25, 0.3) is 11.8 Å². The van der Waals surface area contributed by atoms with Crippen molar-refractivity contribution in [3.8, 4) is 5.69 Å². The average molecular weight is 529 g/mol. The highest BCUT2D eigenvalue weighted by Crippen LogP contribution is 2.32. The maximum absolute atomic E-state index is 12.9. The van der Waals surface area contributed by atoms with Crippen molar-refractivity contribution in [2.24, 2.45) is 10.1 Å². The molecule has 1 aromatic heterocycles. The number of hydrogen-bond donors (Lipinski definition) is 1. The van der Waals surface area contributed by atoms with E-state index >= 15 is 0 Å². The Balaban J connectivity index is 1.43. The predicted molar refractivity (Wildman–Crippen MR) is 141 cm³/mol. The number of nitrogens with zero attached hydrogens (tertiary/aromatic N) is 5. The number of hydrogen-bond acceptors (Lipinski definition) is 5. The predicted octanol–water partition coefficient (Wildman–Crippen LogP) is 5.03. The van der Waals surface area contributed by atoms with Gasteiger partial charge in [0.15, 0.2) is 5.84 Å². The Bertz CT molecular complexity index is 1370. The van der Waals surface area contributed by atoms with Gasteiger partial charge in [-0.05, 0) is 74.4 Å². The molecule has 1 aromatic carbocycles. The van der Waals surface area contributed by atoms with E-state index < -0.39 is 5.91 Å². The standard InChI is InChI=1S/C24H22Cl2N6O2S/c1-13-9-15(14(2)31(13)19-11-16(25)5-6-18(19)26)10-17-22(27)32-24(28-23(17)34)35-20(29-32)12-21(33)30-7-3-4-8-30/h5-6,9-11,27H,3-4,7-8,12H2,1-2H3. The van der Waals surface area contributed by atoms with E-state index in [0.29, 0.717) is 20.3 Å². The van der Waals surface area contributed by atoms with Crippen LogP contribution < -0.4 is 0 Å². The van der Waals surface area contributed by atoms with Crippen LogP contribution in [0.5, 0.6) is 0 Å². The Labute approximate surface area is 216 Å². The minimum atomic E-state index is -0.512. The molecule has 8 nitrogen and oxygen atoms in total. The van der Waals surface area contributed by atoms with Gasteiger partial charge in [0.25, 0.3) is 5.91 Å². The molecule has 3 aliphatic heterocycles. The minimum absolute atomic E-state index is 0.00920. The Morgan fingerprint density at radius 2 is 1.94 bits per heavy atom. The molecule has 0 spiro atoms. The highest BCUT2D eigenvalue weighted by molar-refractivity contribution is 8.27. The number of nitrogens with one attached hydrogen (secondary N) is 1. The Hall–Kier alpha value is -2.88. The summed E-state index contributed by atoms with van der Waals surface area (Å²) in [7, 11) is 0. The van der Waals surface area contributed by atoms with Gasteiger partial charge in [-0.25, -0.2) is 0 Å². The molecular weight excluding hydrogens is 507 g/mol. The van der Waals surface area contributed by atoms with Crippen LogP contribution in [0.2, 0.25) is 10.0 Å². The molecule has 0 saturated carbocycles.